The lowest BCUT2D eigenvalue weighted by Gasteiger charge is -2.23. The van der Waals surface area contributed by atoms with Gasteiger partial charge >= 0.3 is 0 Å². The Morgan fingerprint density at radius 1 is 1.57 bits per heavy atom. The van der Waals surface area contributed by atoms with Crippen molar-refractivity contribution in [2.75, 3.05) is 19.6 Å². The second-order valence-electron chi connectivity index (χ2n) is 5.12. The first-order valence-electron chi connectivity index (χ1n) is 5.63. The number of nitrogens with zero attached hydrogens (tertiary/aromatic N) is 1. The van der Waals surface area contributed by atoms with E-state index in [0.717, 1.165) is 32.5 Å². The highest BCUT2D eigenvalue weighted by molar-refractivity contribution is 5.78. The maximum atomic E-state index is 11.6. The minimum atomic E-state index is 0.348. The minimum Gasteiger partial charge on any atom is -0.342 e. The molecule has 1 aliphatic heterocycles. The van der Waals surface area contributed by atoms with Crippen LogP contribution in [0.3, 0.4) is 0 Å². The molecule has 2 fully saturated rings. The van der Waals surface area contributed by atoms with E-state index in [-0.39, 0.29) is 0 Å². The lowest BCUT2D eigenvalue weighted by Crippen LogP contribution is -2.32. The summed E-state index contributed by atoms with van der Waals surface area (Å²) < 4.78 is 0. The van der Waals surface area contributed by atoms with E-state index in [4.69, 9.17) is 5.73 Å². The molecule has 3 nitrogen and oxygen atoms in total. The van der Waals surface area contributed by atoms with Gasteiger partial charge in [-0.05, 0) is 37.1 Å². The van der Waals surface area contributed by atoms with Gasteiger partial charge in [0, 0.05) is 19.5 Å². The van der Waals surface area contributed by atoms with Crippen molar-refractivity contribution in [2.24, 2.45) is 17.1 Å². The SMILES string of the molecule is CC1CC(=O)N(CC2(CCN)CC2)C1. The zero-order valence-corrected chi connectivity index (χ0v) is 8.96. The van der Waals surface area contributed by atoms with E-state index < -0.39 is 0 Å². The van der Waals surface area contributed by atoms with Crippen LogP contribution in [-0.2, 0) is 4.79 Å². The van der Waals surface area contributed by atoms with Crippen LogP contribution in [0.4, 0.5) is 0 Å². The average molecular weight is 196 g/mol. The lowest BCUT2D eigenvalue weighted by atomic mass is 10.0. The Labute approximate surface area is 85.6 Å². The number of carbonyl (C=O) groups is 1. The molecule has 0 aromatic carbocycles. The Hall–Kier alpha value is -0.570. The minimum absolute atomic E-state index is 0.348. The van der Waals surface area contributed by atoms with Crippen LogP contribution < -0.4 is 5.73 Å². The van der Waals surface area contributed by atoms with Crippen molar-refractivity contribution in [3.05, 3.63) is 0 Å². The van der Waals surface area contributed by atoms with Gasteiger partial charge in [-0.15, -0.1) is 0 Å². The monoisotopic (exact) mass is 196 g/mol. The molecule has 1 amide bonds. The summed E-state index contributed by atoms with van der Waals surface area (Å²) in [5.41, 5.74) is 6.00. The first-order valence-corrected chi connectivity index (χ1v) is 5.63. The average Bonchev–Trinajstić information content (AvgIpc) is 2.77. The van der Waals surface area contributed by atoms with Gasteiger partial charge in [0.15, 0.2) is 0 Å². The molecule has 1 aliphatic carbocycles. The molecule has 3 heteroatoms. The summed E-state index contributed by atoms with van der Waals surface area (Å²) in [7, 11) is 0. The van der Waals surface area contributed by atoms with Gasteiger partial charge in [-0.3, -0.25) is 4.79 Å². The highest BCUT2D eigenvalue weighted by atomic mass is 16.2. The highest BCUT2D eigenvalue weighted by Crippen LogP contribution is 2.49. The molecule has 2 rings (SSSR count). The van der Waals surface area contributed by atoms with Crippen LogP contribution >= 0.6 is 0 Å². The number of hydrogen-bond donors (Lipinski definition) is 1. The Morgan fingerprint density at radius 3 is 2.71 bits per heavy atom. The van der Waals surface area contributed by atoms with Crippen molar-refractivity contribution in [1.29, 1.82) is 0 Å². The molecule has 0 spiro atoms. The quantitative estimate of drug-likeness (QED) is 0.728. The molecule has 14 heavy (non-hydrogen) atoms. The van der Waals surface area contributed by atoms with Crippen LogP contribution in [0.5, 0.6) is 0 Å². The first-order chi connectivity index (χ1) is 6.65. The molecule has 0 radical (unpaired) electrons. The fraction of sp³-hybridized carbons (Fsp3) is 0.909. The third-order valence-electron chi connectivity index (χ3n) is 3.57. The Balaban J connectivity index is 1.88. The highest BCUT2D eigenvalue weighted by Gasteiger charge is 2.44. The summed E-state index contributed by atoms with van der Waals surface area (Å²) in [6.45, 7) is 4.84. The van der Waals surface area contributed by atoms with Gasteiger partial charge in [0.05, 0.1) is 0 Å². The first kappa shape index (κ1) is 9.97. The van der Waals surface area contributed by atoms with Crippen molar-refractivity contribution in [3.8, 4) is 0 Å². The third kappa shape index (κ3) is 1.92. The van der Waals surface area contributed by atoms with Gasteiger partial charge in [0.2, 0.25) is 5.91 Å². The van der Waals surface area contributed by atoms with E-state index >= 15 is 0 Å². The third-order valence-corrected chi connectivity index (χ3v) is 3.57. The Bertz CT molecular complexity index is 235. The molecular formula is C11H20N2O. The van der Waals surface area contributed by atoms with Gasteiger partial charge in [-0.2, -0.15) is 0 Å². The fourth-order valence-electron chi connectivity index (χ4n) is 2.50. The van der Waals surface area contributed by atoms with Gasteiger partial charge in [-0.25, -0.2) is 0 Å². The maximum absolute atomic E-state index is 11.6. The van der Waals surface area contributed by atoms with Gasteiger partial charge in [0.1, 0.15) is 0 Å². The summed E-state index contributed by atoms with van der Waals surface area (Å²) in [5, 5.41) is 0. The molecule has 0 aromatic rings. The number of rotatable bonds is 4. The summed E-state index contributed by atoms with van der Waals surface area (Å²) in [6, 6.07) is 0. The van der Waals surface area contributed by atoms with Crippen molar-refractivity contribution in [3.63, 3.8) is 0 Å². The zero-order valence-electron chi connectivity index (χ0n) is 8.96. The number of likely N-dealkylation sites (tertiary alicyclic amines) is 1. The van der Waals surface area contributed by atoms with Crippen LogP contribution in [0.1, 0.15) is 32.6 Å². The summed E-state index contributed by atoms with van der Waals surface area (Å²) in [6.07, 6.45) is 4.37. The van der Waals surface area contributed by atoms with E-state index in [9.17, 15) is 4.79 Å². The second-order valence-corrected chi connectivity index (χ2v) is 5.12. The normalized spacial score (nSPS) is 29.7. The van der Waals surface area contributed by atoms with E-state index in [2.05, 4.69) is 6.92 Å². The topological polar surface area (TPSA) is 46.3 Å². The van der Waals surface area contributed by atoms with Crippen molar-refractivity contribution in [2.45, 2.75) is 32.6 Å². The second kappa shape index (κ2) is 3.54. The van der Waals surface area contributed by atoms with Crippen LogP contribution in [0.15, 0.2) is 0 Å². The van der Waals surface area contributed by atoms with Crippen molar-refractivity contribution >= 4 is 5.91 Å². The molecule has 1 unspecified atom stereocenters. The number of carbonyl (C=O) groups excluding carboxylic acids is 1. The number of amides is 1. The smallest absolute Gasteiger partial charge is 0.222 e. The van der Waals surface area contributed by atoms with Gasteiger partial charge < -0.3 is 10.6 Å². The lowest BCUT2D eigenvalue weighted by molar-refractivity contribution is -0.128. The molecule has 2 N–H and O–H groups in total. The van der Waals surface area contributed by atoms with Crippen molar-refractivity contribution in [1.82, 2.24) is 4.90 Å². The zero-order chi connectivity index (χ0) is 10.2. The standard InChI is InChI=1S/C11H20N2O/c1-9-6-10(14)13(7-9)8-11(2-3-11)4-5-12/h9H,2-8,12H2,1H3. The molecule has 1 saturated carbocycles. The van der Waals surface area contributed by atoms with Gasteiger partial charge in [0.25, 0.3) is 0 Å². The van der Waals surface area contributed by atoms with E-state index in [1.165, 1.54) is 12.8 Å². The Morgan fingerprint density at radius 2 is 2.29 bits per heavy atom. The van der Waals surface area contributed by atoms with E-state index in [1.807, 2.05) is 4.90 Å². The number of nitrogens with two attached hydrogens (primary N) is 1. The van der Waals surface area contributed by atoms with Crippen LogP contribution in [0.2, 0.25) is 0 Å². The van der Waals surface area contributed by atoms with Crippen LogP contribution in [0, 0.1) is 11.3 Å². The van der Waals surface area contributed by atoms with Crippen LogP contribution in [-0.4, -0.2) is 30.4 Å². The fourth-order valence-corrected chi connectivity index (χ4v) is 2.50. The molecule has 2 aliphatic rings. The number of hydrogen-bond acceptors (Lipinski definition) is 2. The predicted octanol–water partition coefficient (Wildman–Crippen LogP) is 0.984. The van der Waals surface area contributed by atoms with E-state index in [0.29, 0.717) is 17.2 Å². The van der Waals surface area contributed by atoms with Gasteiger partial charge in [-0.1, -0.05) is 6.92 Å². The summed E-state index contributed by atoms with van der Waals surface area (Å²) in [5.74, 6) is 0.900. The Kier molecular flexibility index (Phi) is 2.52. The molecule has 1 heterocycles. The maximum Gasteiger partial charge on any atom is 0.222 e. The summed E-state index contributed by atoms with van der Waals surface area (Å²) >= 11 is 0. The predicted molar refractivity (Wildman–Crippen MR) is 55.7 cm³/mol. The molecule has 0 bridgehead atoms. The molecular weight excluding hydrogens is 176 g/mol. The van der Waals surface area contributed by atoms with Crippen molar-refractivity contribution < 1.29 is 4.79 Å². The largest absolute Gasteiger partial charge is 0.342 e. The molecule has 80 valence electrons. The summed E-state index contributed by atoms with van der Waals surface area (Å²) in [4.78, 5) is 13.6. The molecule has 0 aromatic heterocycles. The van der Waals surface area contributed by atoms with Crippen LogP contribution in [0.25, 0.3) is 0 Å². The molecule has 1 atom stereocenters. The van der Waals surface area contributed by atoms with E-state index in [1.54, 1.807) is 0 Å². The molecule has 1 saturated heterocycles.